The van der Waals surface area contributed by atoms with Gasteiger partial charge in [0.1, 0.15) is 238 Å². The summed E-state index contributed by atoms with van der Waals surface area (Å²) < 4.78 is 114. The van der Waals surface area contributed by atoms with Gasteiger partial charge in [-0.3, -0.25) is 24.0 Å². The standard InChI is InChI=1S/C70H117N5O50/c1-16-36(88)47(99)50(102)66(109-16)107-15-30-56(45(97)31(61(106)110-30)71-17(2)83)120-64-34(74-20(5)86)46(98)54(27(12-81)116-64)121-68-53(105)58(42(94)29(118-68)14-108-69-59(49(101)40(92)25(10-79)115-69)124-62-32(72-18(3)84)43(95)37(89)22(7-76)111-62)123-70-60(125-63-33(73-19(4)85)44(96)38(90)23(8-77)112-63)52(104)55(28(13-82)117-70)119-65-35(75-21(6)87)57(41(93)26(11-80)113-65)122-67-51(103)48(100)39(91)24(9-78)114-67/h16,22-70,76-82,88-106H,7-15H2,1-6H3,(H,71,83)(H,72,84)(H,73,85)(H,74,86)(H,75,87)/t16-,22-,23-,24-,25-,26-,27-,28-,29-,30-,31-,32-,33-,34-,35-,36+,37-,38-,39+,40-,41-,42-,43-,44-,45-,46-,47+,48+,49+,50-,51-,52+,53+,54-,55-,56-,57-,58+,59+,60+,61-,62+,63+,64+,65+,66+,67+,68+,69+,70-/m1/s1. The largest absolute Gasteiger partial charge is 0.394 e. The summed E-state index contributed by atoms with van der Waals surface area (Å²) >= 11 is 0. The molecule has 0 aliphatic carbocycles. The number of hydrogen-bond donors (Lipinski definition) is 31. The lowest BCUT2D eigenvalue weighted by Gasteiger charge is -2.52. The second-order valence-electron chi connectivity index (χ2n) is 31.7. The van der Waals surface area contributed by atoms with E-state index in [-0.39, 0.29) is 0 Å². The van der Waals surface area contributed by atoms with Gasteiger partial charge in [-0.25, -0.2) is 0 Å². The number of hydrogen-bond acceptors (Lipinski definition) is 50. The van der Waals surface area contributed by atoms with Crippen molar-refractivity contribution in [2.45, 2.75) is 348 Å². The zero-order valence-corrected chi connectivity index (χ0v) is 67.7. The molecule has 10 rings (SSSR count). The third-order valence-corrected chi connectivity index (χ3v) is 22.8. The van der Waals surface area contributed by atoms with E-state index >= 15 is 0 Å². The molecular formula is C70H117N5O50. The summed E-state index contributed by atoms with van der Waals surface area (Å²) in [5.41, 5.74) is 0. The average Bonchev–Trinajstić information content (AvgIpc) is 0.759. The van der Waals surface area contributed by atoms with Gasteiger partial charge in [0.05, 0.1) is 65.6 Å². The Morgan fingerprint density at radius 1 is 0.224 bits per heavy atom. The Balaban J connectivity index is 1.04. The van der Waals surface area contributed by atoms with Crippen LogP contribution in [-0.4, -0.2) is 529 Å². The minimum atomic E-state index is -2.69. The molecule has 10 heterocycles. The van der Waals surface area contributed by atoms with E-state index in [1.165, 1.54) is 6.92 Å². The van der Waals surface area contributed by atoms with E-state index in [2.05, 4.69) is 26.6 Å². The first-order valence-electron chi connectivity index (χ1n) is 40.0. The lowest BCUT2D eigenvalue weighted by atomic mass is 9.93. The van der Waals surface area contributed by atoms with Crippen molar-refractivity contribution in [2.75, 3.05) is 59.5 Å². The van der Waals surface area contributed by atoms with Crippen LogP contribution < -0.4 is 26.6 Å². The minimum absolute atomic E-state index is 0.853. The van der Waals surface area contributed by atoms with Gasteiger partial charge in [0, 0.05) is 34.6 Å². The molecule has 125 heavy (non-hydrogen) atoms. The van der Waals surface area contributed by atoms with Crippen molar-refractivity contribution in [1.82, 2.24) is 26.6 Å². The van der Waals surface area contributed by atoms with Crippen LogP contribution >= 0.6 is 0 Å². The number of rotatable bonds is 32. The Hall–Kier alpha value is -4.45. The van der Waals surface area contributed by atoms with Gasteiger partial charge in [-0.15, -0.1) is 0 Å². The van der Waals surface area contributed by atoms with Crippen molar-refractivity contribution in [3.63, 3.8) is 0 Å². The third kappa shape index (κ3) is 23.1. The van der Waals surface area contributed by atoms with Gasteiger partial charge < -0.3 is 249 Å². The summed E-state index contributed by atoms with van der Waals surface area (Å²) in [5.74, 6) is -4.68. The number of nitrogens with one attached hydrogen (secondary N) is 5. The molecular weight excluding hydrogens is 1710 g/mol. The summed E-state index contributed by atoms with van der Waals surface area (Å²) in [4.78, 5) is 64.5. The van der Waals surface area contributed by atoms with Crippen LogP contribution in [0, 0.1) is 0 Å². The molecule has 0 bridgehead atoms. The van der Waals surface area contributed by atoms with Crippen LogP contribution in [0.5, 0.6) is 0 Å². The normalized spacial score (nSPS) is 48.7. The Kier molecular flexibility index (Phi) is 36.8. The molecule has 0 aromatic carbocycles. The summed E-state index contributed by atoms with van der Waals surface area (Å²) in [6.45, 7) is -4.14. The van der Waals surface area contributed by atoms with E-state index in [1.807, 2.05) is 0 Å². The zero-order chi connectivity index (χ0) is 92.1. The fourth-order valence-corrected chi connectivity index (χ4v) is 16.2. The van der Waals surface area contributed by atoms with Crippen molar-refractivity contribution >= 4 is 29.5 Å². The fraction of sp³-hybridized carbons (Fsp3) is 0.929. The second kappa shape index (κ2) is 44.9. The number of carbonyl (C=O) groups excluding carboxylic acids is 5. The van der Waals surface area contributed by atoms with Crippen LogP contribution in [0.1, 0.15) is 41.5 Å². The highest BCUT2D eigenvalue weighted by Crippen LogP contribution is 2.41. The van der Waals surface area contributed by atoms with Crippen molar-refractivity contribution in [3.8, 4) is 0 Å². The molecule has 0 saturated carbocycles. The number of amides is 5. The van der Waals surface area contributed by atoms with Crippen LogP contribution in [-0.2, 0) is 114 Å². The van der Waals surface area contributed by atoms with E-state index in [9.17, 15) is 157 Å². The first-order chi connectivity index (χ1) is 59.1. The fourth-order valence-electron chi connectivity index (χ4n) is 16.2. The Labute approximate surface area is 708 Å². The zero-order valence-electron chi connectivity index (χ0n) is 67.7. The van der Waals surface area contributed by atoms with Gasteiger partial charge in [0.15, 0.2) is 62.9 Å². The molecule has 0 aromatic heterocycles. The first-order valence-corrected chi connectivity index (χ1v) is 40.0. The Morgan fingerprint density at radius 3 is 1.01 bits per heavy atom. The van der Waals surface area contributed by atoms with Gasteiger partial charge in [0.25, 0.3) is 0 Å². The molecule has 0 unspecified atom stereocenters. The topological polar surface area (TPSA) is 847 Å². The molecule has 5 amide bonds. The molecule has 722 valence electrons. The van der Waals surface area contributed by atoms with E-state index in [1.54, 1.807) is 0 Å². The van der Waals surface area contributed by atoms with E-state index in [4.69, 9.17) is 90.0 Å². The summed E-state index contributed by atoms with van der Waals surface area (Å²) in [6.07, 6.45) is -94.7. The van der Waals surface area contributed by atoms with Crippen molar-refractivity contribution in [3.05, 3.63) is 0 Å². The Morgan fingerprint density at radius 2 is 0.520 bits per heavy atom. The van der Waals surface area contributed by atoms with Crippen LogP contribution in [0.4, 0.5) is 0 Å². The molecule has 31 N–H and O–H groups in total. The number of carbonyl (C=O) groups is 5. The minimum Gasteiger partial charge on any atom is -0.394 e. The van der Waals surface area contributed by atoms with Crippen molar-refractivity contribution in [2.24, 2.45) is 0 Å². The maximum Gasteiger partial charge on any atom is 0.217 e. The molecule has 55 nitrogen and oxygen atoms in total. The monoisotopic (exact) mass is 1830 g/mol. The van der Waals surface area contributed by atoms with Gasteiger partial charge in [-0.2, -0.15) is 0 Å². The SMILES string of the molecule is CC(=O)N[C@@H]1[C@@H](O)[C@H](O[C@@H]2O[C@H](CO)[C@@H](O[C@@H]3O[C@H](CO[C@H]4O[C@H](CO)[C@@H](O)[C@H](O)[C@@H]4O[C@@H]4O[C@H](CO)[C@@H](O)[C@H](O)[C@H]4NC(C)=O)[C@@H](O)[C@H](O[C@H]4O[C@H](CO)[C@@H](O[C@@H]5O[C@H](CO)[C@@H](O)[C@H](O[C@@H]6O[C@H](CO)[C@H](O)[C@H](O)[C@H]6O)[C@H]5NC(C)=O)[C@H](O)[C@@H]4O[C@@H]4O[C@H](CO)[C@@H](O)[C@H](O)[C@H]4NC(C)=O)[C@@H]3O)[C@H](O)[C@H]2NC(C)=O)[C@@H](CO[C@H]2O[C@H](C)[C@H](O)[C@H](O)[C@H]2O)O[C@H]1O. The van der Waals surface area contributed by atoms with E-state index in [0.717, 1.165) is 34.6 Å². The molecule has 10 saturated heterocycles. The molecule has 0 spiro atoms. The van der Waals surface area contributed by atoms with Gasteiger partial charge in [-0.05, 0) is 6.92 Å². The van der Waals surface area contributed by atoms with Crippen molar-refractivity contribution in [1.29, 1.82) is 0 Å². The maximum atomic E-state index is 13.3. The molecule has 55 heteroatoms. The Bertz CT molecular complexity index is 3420. The number of ether oxygens (including phenoxy) is 19. The molecule has 50 atom stereocenters. The summed E-state index contributed by atoms with van der Waals surface area (Å²) in [7, 11) is 0. The lowest BCUT2D eigenvalue weighted by Crippen LogP contribution is -2.71. The maximum absolute atomic E-state index is 13.3. The highest BCUT2D eigenvalue weighted by atomic mass is 16.8. The second-order valence-corrected chi connectivity index (χ2v) is 31.7. The van der Waals surface area contributed by atoms with Gasteiger partial charge in [-0.1, -0.05) is 0 Å². The summed E-state index contributed by atoms with van der Waals surface area (Å²) in [6, 6.07) is -9.53. The third-order valence-electron chi connectivity index (χ3n) is 22.8. The van der Waals surface area contributed by atoms with Crippen molar-refractivity contribution < 1.29 is 247 Å². The molecule has 0 radical (unpaired) electrons. The molecule has 10 aliphatic rings. The van der Waals surface area contributed by atoms with Crippen LogP contribution in [0.3, 0.4) is 0 Å². The molecule has 10 fully saturated rings. The highest BCUT2D eigenvalue weighted by Gasteiger charge is 2.62. The molecule has 0 aromatic rings. The number of aliphatic hydroxyl groups excluding tert-OH is 26. The van der Waals surface area contributed by atoms with Crippen LogP contribution in [0.2, 0.25) is 0 Å². The average molecular weight is 1830 g/mol. The highest BCUT2D eigenvalue weighted by molar-refractivity contribution is 5.75. The van der Waals surface area contributed by atoms with Gasteiger partial charge >= 0.3 is 0 Å². The lowest BCUT2D eigenvalue weighted by molar-refractivity contribution is -0.404. The van der Waals surface area contributed by atoms with E-state index in [0.29, 0.717) is 0 Å². The van der Waals surface area contributed by atoms with E-state index < -0.39 is 396 Å². The van der Waals surface area contributed by atoms with Gasteiger partial charge in [0.2, 0.25) is 29.5 Å². The predicted molar refractivity (Wildman–Crippen MR) is 386 cm³/mol. The van der Waals surface area contributed by atoms with Crippen LogP contribution in [0.25, 0.3) is 0 Å². The summed E-state index contributed by atoms with van der Waals surface area (Å²) in [5, 5.41) is 305. The smallest absolute Gasteiger partial charge is 0.217 e. The quantitative estimate of drug-likeness (QED) is 0.0297. The van der Waals surface area contributed by atoms with Crippen LogP contribution in [0.15, 0.2) is 0 Å². The number of aliphatic hydroxyl groups is 26. The first kappa shape index (κ1) is 103. The molecule has 10 aliphatic heterocycles. The predicted octanol–water partition coefficient (Wildman–Crippen LogP) is -21.1.